The molecule has 0 aliphatic carbocycles. The predicted octanol–water partition coefficient (Wildman–Crippen LogP) is 1.52. The summed E-state index contributed by atoms with van der Waals surface area (Å²) in [5.74, 6) is -0.0605. The van der Waals surface area contributed by atoms with Gasteiger partial charge in [-0.1, -0.05) is 27.7 Å². The molecule has 0 spiro atoms. The number of nitrogens with one attached hydrogen (secondary N) is 1. The normalized spacial score (nSPS) is 13.6. The summed E-state index contributed by atoms with van der Waals surface area (Å²) in [4.78, 5) is 22.5. The minimum atomic E-state index is -0.386. The minimum absolute atomic E-state index is 0.0881. The van der Waals surface area contributed by atoms with Crippen molar-refractivity contribution in [2.24, 2.45) is 5.41 Å². The quantitative estimate of drug-likeness (QED) is 0.724. The van der Waals surface area contributed by atoms with Gasteiger partial charge in [0.2, 0.25) is 5.91 Å². The Balaban J connectivity index is 4.41. The predicted molar refractivity (Wildman–Crippen MR) is 52.4 cm³/mol. The monoisotopic (exact) mass is 185 g/mol. The molecule has 0 heterocycles. The SMILES string of the molecule is CC[C@H](NC(C)=O)C(=O)C(C)(C)C. The maximum atomic E-state index is 11.7. The molecule has 13 heavy (non-hydrogen) atoms. The van der Waals surface area contributed by atoms with Gasteiger partial charge in [0.15, 0.2) is 5.78 Å². The van der Waals surface area contributed by atoms with E-state index in [2.05, 4.69) is 5.32 Å². The van der Waals surface area contributed by atoms with Crippen molar-refractivity contribution in [2.75, 3.05) is 0 Å². The highest BCUT2D eigenvalue weighted by atomic mass is 16.2. The van der Waals surface area contributed by atoms with Crippen molar-refractivity contribution < 1.29 is 9.59 Å². The van der Waals surface area contributed by atoms with Gasteiger partial charge in [0, 0.05) is 12.3 Å². The summed E-state index contributed by atoms with van der Waals surface area (Å²) in [5.41, 5.74) is -0.386. The second-order valence-corrected chi connectivity index (χ2v) is 4.28. The van der Waals surface area contributed by atoms with Gasteiger partial charge in [-0.05, 0) is 6.42 Å². The van der Waals surface area contributed by atoms with E-state index < -0.39 is 0 Å². The van der Waals surface area contributed by atoms with Gasteiger partial charge in [-0.2, -0.15) is 0 Å². The zero-order chi connectivity index (χ0) is 10.6. The largest absolute Gasteiger partial charge is 0.347 e. The molecule has 0 saturated carbocycles. The van der Waals surface area contributed by atoms with Crippen LogP contribution in [-0.4, -0.2) is 17.7 Å². The lowest BCUT2D eigenvalue weighted by molar-refractivity contribution is -0.131. The second-order valence-electron chi connectivity index (χ2n) is 4.28. The zero-order valence-corrected chi connectivity index (χ0v) is 9.10. The first-order chi connectivity index (χ1) is 5.79. The number of ketones is 1. The molecule has 0 unspecified atom stereocenters. The number of amides is 1. The molecule has 3 heteroatoms. The van der Waals surface area contributed by atoms with Gasteiger partial charge in [0.25, 0.3) is 0 Å². The van der Waals surface area contributed by atoms with E-state index in [1.807, 2.05) is 27.7 Å². The van der Waals surface area contributed by atoms with E-state index in [0.29, 0.717) is 6.42 Å². The molecule has 0 aromatic carbocycles. The van der Waals surface area contributed by atoms with E-state index >= 15 is 0 Å². The van der Waals surface area contributed by atoms with Crippen LogP contribution in [0.3, 0.4) is 0 Å². The molecule has 0 radical (unpaired) electrons. The fourth-order valence-corrected chi connectivity index (χ4v) is 1.12. The highest BCUT2D eigenvalue weighted by Gasteiger charge is 2.28. The average molecular weight is 185 g/mol. The van der Waals surface area contributed by atoms with Crippen LogP contribution in [0, 0.1) is 5.41 Å². The number of Topliss-reactive ketones (excluding diaryl/α,β-unsaturated/α-hetero) is 1. The van der Waals surface area contributed by atoms with E-state index in [-0.39, 0.29) is 23.1 Å². The summed E-state index contributed by atoms with van der Waals surface area (Å²) in [5, 5.41) is 2.65. The highest BCUT2D eigenvalue weighted by Crippen LogP contribution is 2.17. The van der Waals surface area contributed by atoms with Crippen LogP contribution in [0.5, 0.6) is 0 Å². The first kappa shape index (κ1) is 12.1. The molecule has 76 valence electrons. The molecule has 0 aromatic rings. The highest BCUT2D eigenvalue weighted by molar-refractivity contribution is 5.91. The van der Waals surface area contributed by atoms with Crippen molar-refractivity contribution in [3.63, 3.8) is 0 Å². The smallest absolute Gasteiger partial charge is 0.217 e. The summed E-state index contributed by atoms with van der Waals surface area (Å²) >= 11 is 0. The molecular formula is C10H19NO2. The van der Waals surface area contributed by atoms with Crippen LogP contribution in [0.25, 0.3) is 0 Å². The molecule has 0 saturated heterocycles. The molecule has 0 aromatic heterocycles. The van der Waals surface area contributed by atoms with Gasteiger partial charge < -0.3 is 5.32 Å². The molecule has 0 bridgehead atoms. The van der Waals surface area contributed by atoms with Crippen LogP contribution in [0.2, 0.25) is 0 Å². The molecular weight excluding hydrogens is 166 g/mol. The maximum absolute atomic E-state index is 11.7. The first-order valence-electron chi connectivity index (χ1n) is 4.60. The molecule has 0 rings (SSSR count). The summed E-state index contributed by atoms with van der Waals surface area (Å²) in [7, 11) is 0. The molecule has 0 fully saturated rings. The Hall–Kier alpha value is -0.860. The third-order valence-electron chi connectivity index (χ3n) is 1.84. The van der Waals surface area contributed by atoms with Gasteiger partial charge in [-0.3, -0.25) is 9.59 Å². The van der Waals surface area contributed by atoms with Crippen LogP contribution >= 0.6 is 0 Å². The second kappa shape index (κ2) is 4.40. The van der Waals surface area contributed by atoms with Crippen LogP contribution < -0.4 is 5.32 Å². The summed E-state index contributed by atoms with van der Waals surface area (Å²) < 4.78 is 0. The van der Waals surface area contributed by atoms with Crippen LogP contribution in [0.4, 0.5) is 0 Å². The van der Waals surface area contributed by atoms with Crippen molar-refractivity contribution >= 4 is 11.7 Å². The Morgan fingerprint density at radius 3 is 2.00 bits per heavy atom. The summed E-state index contributed by atoms with van der Waals surface area (Å²) in [6.07, 6.45) is 0.648. The summed E-state index contributed by atoms with van der Waals surface area (Å²) in [6.45, 7) is 8.91. The molecule has 1 atom stereocenters. The third kappa shape index (κ3) is 4.06. The van der Waals surface area contributed by atoms with Crippen molar-refractivity contribution in [3.05, 3.63) is 0 Å². The zero-order valence-electron chi connectivity index (χ0n) is 9.10. The fourth-order valence-electron chi connectivity index (χ4n) is 1.12. The Morgan fingerprint density at radius 1 is 1.31 bits per heavy atom. The van der Waals surface area contributed by atoms with Crippen molar-refractivity contribution in [1.29, 1.82) is 0 Å². The average Bonchev–Trinajstić information content (AvgIpc) is 1.96. The fraction of sp³-hybridized carbons (Fsp3) is 0.800. The topological polar surface area (TPSA) is 46.2 Å². The standard InChI is InChI=1S/C10H19NO2/c1-6-8(11-7(2)12)9(13)10(3,4)5/h8H,6H2,1-5H3,(H,11,12)/t8-/m0/s1. The number of hydrogen-bond acceptors (Lipinski definition) is 2. The van der Waals surface area contributed by atoms with E-state index in [4.69, 9.17) is 0 Å². The molecule has 1 N–H and O–H groups in total. The van der Waals surface area contributed by atoms with Crippen LogP contribution in [-0.2, 0) is 9.59 Å². The summed E-state index contributed by atoms with van der Waals surface area (Å²) in [6, 6.07) is -0.336. The Kier molecular flexibility index (Phi) is 4.11. The third-order valence-corrected chi connectivity index (χ3v) is 1.84. The maximum Gasteiger partial charge on any atom is 0.217 e. The minimum Gasteiger partial charge on any atom is -0.347 e. The van der Waals surface area contributed by atoms with E-state index in [9.17, 15) is 9.59 Å². The van der Waals surface area contributed by atoms with Crippen LogP contribution in [0.15, 0.2) is 0 Å². The number of rotatable bonds is 3. The lowest BCUT2D eigenvalue weighted by Crippen LogP contribution is -2.44. The van der Waals surface area contributed by atoms with E-state index in [0.717, 1.165) is 0 Å². The Morgan fingerprint density at radius 2 is 1.77 bits per heavy atom. The van der Waals surface area contributed by atoms with Crippen molar-refractivity contribution in [2.45, 2.75) is 47.1 Å². The molecule has 0 aliphatic heterocycles. The van der Waals surface area contributed by atoms with Gasteiger partial charge in [-0.25, -0.2) is 0 Å². The lowest BCUT2D eigenvalue weighted by Gasteiger charge is -2.23. The first-order valence-corrected chi connectivity index (χ1v) is 4.60. The van der Waals surface area contributed by atoms with Gasteiger partial charge >= 0.3 is 0 Å². The Bertz CT molecular complexity index is 203. The van der Waals surface area contributed by atoms with Gasteiger partial charge in [0.1, 0.15) is 0 Å². The Labute approximate surface area is 79.9 Å². The molecule has 0 aliphatic rings. The number of carbonyl (C=O) groups excluding carboxylic acids is 2. The van der Waals surface area contributed by atoms with Crippen molar-refractivity contribution in [1.82, 2.24) is 5.32 Å². The van der Waals surface area contributed by atoms with Crippen LogP contribution in [0.1, 0.15) is 41.0 Å². The van der Waals surface area contributed by atoms with Gasteiger partial charge in [0.05, 0.1) is 6.04 Å². The molecule has 1 amide bonds. The lowest BCUT2D eigenvalue weighted by atomic mass is 9.85. The van der Waals surface area contributed by atoms with Crippen molar-refractivity contribution in [3.8, 4) is 0 Å². The van der Waals surface area contributed by atoms with E-state index in [1.54, 1.807) is 0 Å². The molecule has 3 nitrogen and oxygen atoms in total. The van der Waals surface area contributed by atoms with E-state index in [1.165, 1.54) is 6.92 Å². The number of hydrogen-bond donors (Lipinski definition) is 1. The van der Waals surface area contributed by atoms with Gasteiger partial charge in [-0.15, -0.1) is 0 Å². The number of carbonyl (C=O) groups is 2.